The lowest BCUT2D eigenvalue weighted by Gasteiger charge is -2.51. The molecule has 0 N–H and O–H groups in total. The number of amides is 1. The van der Waals surface area contributed by atoms with Crippen molar-refractivity contribution in [2.24, 2.45) is 0 Å². The zero-order valence-corrected chi connectivity index (χ0v) is 22.0. The van der Waals surface area contributed by atoms with Gasteiger partial charge in [0, 0.05) is 47.1 Å². The van der Waals surface area contributed by atoms with E-state index in [0.29, 0.717) is 24.4 Å². The second-order valence-electron chi connectivity index (χ2n) is 10.8. The Bertz CT molecular complexity index is 1190. The van der Waals surface area contributed by atoms with Crippen molar-refractivity contribution in [1.82, 2.24) is 9.80 Å². The lowest BCUT2D eigenvalue weighted by Crippen LogP contribution is -2.55. The molecule has 2 bridgehead atoms. The normalized spacial score (nSPS) is 26.2. The molecule has 0 spiro atoms. The molecule has 3 aromatic rings. The highest BCUT2D eigenvalue weighted by Gasteiger charge is 2.52. The molecule has 6 rings (SSSR count). The molecule has 3 aliphatic heterocycles. The Morgan fingerprint density at radius 3 is 1.89 bits per heavy atom. The molecule has 0 saturated carbocycles. The third-order valence-corrected chi connectivity index (χ3v) is 9.37. The molecule has 36 heavy (non-hydrogen) atoms. The summed E-state index contributed by atoms with van der Waals surface area (Å²) >= 11 is 13.6. The number of rotatable bonds is 6. The van der Waals surface area contributed by atoms with E-state index in [-0.39, 0.29) is 11.5 Å². The zero-order valence-electron chi connectivity index (χ0n) is 20.5. The smallest absolute Gasteiger partial charge is 0.222 e. The fraction of sp³-hybridized carbons (Fsp3) is 0.387. The Hall–Kier alpha value is -2.33. The lowest BCUT2D eigenvalue weighted by atomic mass is 9.69. The quantitative estimate of drug-likeness (QED) is 0.342. The van der Waals surface area contributed by atoms with Gasteiger partial charge in [-0.25, -0.2) is 0 Å². The molecule has 0 aromatic heterocycles. The van der Waals surface area contributed by atoms with Crippen LogP contribution in [0.3, 0.4) is 0 Å². The van der Waals surface area contributed by atoms with Crippen molar-refractivity contribution >= 4 is 29.1 Å². The first-order valence-electron chi connectivity index (χ1n) is 13.2. The summed E-state index contributed by atoms with van der Waals surface area (Å²) in [7, 11) is 0. The van der Waals surface area contributed by atoms with Gasteiger partial charge in [-0.3, -0.25) is 9.69 Å². The van der Waals surface area contributed by atoms with Gasteiger partial charge in [0.15, 0.2) is 0 Å². The Labute approximate surface area is 224 Å². The molecule has 3 nitrogen and oxygen atoms in total. The summed E-state index contributed by atoms with van der Waals surface area (Å²) in [6.07, 6.45) is 6.03. The SMILES string of the molecule is O=C1CCCN1CC1(c2ccccc2)C[C@H]2CC[C@@H](C1)N2C(c1ccccc1Cl)c1ccccc1Cl. The van der Waals surface area contributed by atoms with Gasteiger partial charge in [0.25, 0.3) is 0 Å². The third kappa shape index (κ3) is 4.26. The maximum absolute atomic E-state index is 12.7. The van der Waals surface area contributed by atoms with Crippen molar-refractivity contribution < 1.29 is 4.79 Å². The standard InChI is InChI=1S/C31H32Cl2N2O/c32-27-13-6-4-11-25(27)30(26-12-5-7-14-28(26)33)35-23-16-17-24(35)20-31(19-23,22-9-2-1-3-10-22)21-34-18-8-15-29(34)36/h1-7,9-14,23-24,30H,8,15-21H2/t23-,24+,31?. The summed E-state index contributed by atoms with van der Waals surface area (Å²) in [6, 6.07) is 28.1. The number of piperidine rings is 1. The number of carbonyl (C=O) groups is 1. The van der Waals surface area contributed by atoms with E-state index in [1.807, 2.05) is 24.3 Å². The van der Waals surface area contributed by atoms with E-state index < -0.39 is 0 Å². The molecule has 5 heteroatoms. The average Bonchev–Trinajstić information content (AvgIpc) is 3.41. The van der Waals surface area contributed by atoms with E-state index >= 15 is 0 Å². The monoisotopic (exact) mass is 518 g/mol. The van der Waals surface area contributed by atoms with Crippen molar-refractivity contribution in [3.05, 3.63) is 106 Å². The van der Waals surface area contributed by atoms with Gasteiger partial charge in [0.1, 0.15) is 0 Å². The Balaban J connectivity index is 1.41. The summed E-state index contributed by atoms with van der Waals surface area (Å²) in [5.41, 5.74) is 3.57. The summed E-state index contributed by atoms with van der Waals surface area (Å²) in [5, 5.41) is 1.56. The van der Waals surface area contributed by atoms with Crippen LogP contribution >= 0.6 is 23.2 Å². The highest BCUT2D eigenvalue weighted by atomic mass is 35.5. The highest BCUT2D eigenvalue weighted by molar-refractivity contribution is 6.32. The number of halogens is 2. The van der Waals surface area contributed by atoms with Crippen molar-refractivity contribution in [3.8, 4) is 0 Å². The molecule has 3 aromatic carbocycles. The molecule has 1 amide bonds. The molecule has 1 unspecified atom stereocenters. The van der Waals surface area contributed by atoms with Gasteiger partial charge in [-0.15, -0.1) is 0 Å². The van der Waals surface area contributed by atoms with E-state index in [4.69, 9.17) is 23.2 Å². The molecule has 3 fully saturated rings. The van der Waals surface area contributed by atoms with Gasteiger partial charge in [0.05, 0.1) is 6.04 Å². The van der Waals surface area contributed by atoms with Crippen LogP contribution in [0.2, 0.25) is 10.0 Å². The Kier molecular flexibility index (Phi) is 6.58. The minimum Gasteiger partial charge on any atom is -0.342 e. The molecule has 3 heterocycles. The molecule has 0 radical (unpaired) electrons. The predicted octanol–water partition coefficient (Wildman–Crippen LogP) is 7.27. The molecular weight excluding hydrogens is 487 g/mol. The van der Waals surface area contributed by atoms with E-state index in [1.54, 1.807) is 0 Å². The minimum atomic E-state index is -0.0326. The first-order chi connectivity index (χ1) is 17.6. The summed E-state index contributed by atoms with van der Waals surface area (Å²) in [5.74, 6) is 0.310. The number of hydrogen-bond donors (Lipinski definition) is 0. The van der Waals surface area contributed by atoms with Crippen LogP contribution in [0, 0.1) is 0 Å². The lowest BCUT2D eigenvalue weighted by molar-refractivity contribution is -0.129. The van der Waals surface area contributed by atoms with Crippen LogP contribution < -0.4 is 0 Å². The molecule has 3 atom stereocenters. The number of benzene rings is 3. The number of carbonyl (C=O) groups excluding carboxylic acids is 1. The fourth-order valence-corrected chi connectivity index (χ4v) is 7.65. The average molecular weight is 520 g/mol. The second kappa shape index (κ2) is 9.85. The van der Waals surface area contributed by atoms with Crippen LogP contribution in [0.25, 0.3) is 0 Å². The second-order valence-corrected chi connectivity index (χ2v) is 11.6. The number of hydrogen-bond acceptors (Lipinski definition) is 2. The summed E-state index contributed by atoms with van der Waals surface area (Å²) in [4.78, 5) is 17.5. The van der Waals surface area contributed by atoms with Crippen LogP contribution in [0.5, 0.6) is 0 Å². The molecule has 0 aliphatic carbocycles. The first kappa shape index (κ1) is 24.0. The van der Waals surface area contributed by atoms with Crippen molar-refractivity contribution in [3.63, 3.8) is 0 Å². The van der Waals surface area contributed by atoms with Crippen LogP contribution in [0.4, 0.5) is 0 Å². The van der Waals surface area contributed by atoms with Gasteiger partial charge >= 0.3 is 0 Å². The maximum atomic E-state index is 12.7. The minimum absolute atomic E-state index is 0.00657. The van der Waals surface area contributed by atoms with Crippen molar-refractivity contribution in [1.29, 1.82) is 0 Å². The van der Waals surface area contributed by atoms with Crippen molar-refractivity contribution in [2.75, 3.05) is 13.1 Å². The largest absolute Gasteiger partial charge is 0.342 e. The van der Waals surface area contributed by atoms with Gasteiger partial charge in [-0.2, -0.15) is 0 Å². The maximum Gasteiger partial charge on any atom is 0.222 e. The van der Waals surface area contributed by atoms with Gasteiger partial charge in [-0.05, 0) is 60.9 Å². The van der Waals surface area contributed by atoms with E-state index in [1.165, 1.54) is 5.56 Å². The summed E-state index contributed by atoms with van der Waals surface area (Å²) in [6.45, 7) is 1.70. The first-order valence-corrected chi connectivity index (χ1v) is 13.9. The van der Waals surface area contributed by atoms with Crippen LogP contribution in [0.1, 0.15) is 61.3 Å². The molecular formula is C31H32Cl2N2O. The van der Waals surface area contributed by atoms with Crippen LogP contribution in [-0.4, -0.2) is 40.9 Å². The zero-order chi connectivity index (χ0) is 24.7. The summed E-state index contributed by atoms with van der Waals surface area (Å²) < 4.78 is 0. The number of nitrogens with zero attached hydrogens (tertiary/aromatic N) is 2. The van der Waals surface area contributed by atoms with Crippen LogP contribution in [-0.2, 0) is 10.2 Å². The molecule has 3 saturated heterocycles. The van der Waals surface area contributed by atoms with E-state index in [2.05, 4.69) is 64.4 Å². The van der Waals surface area contributed by atoms with Crippen molar-refractivity contribution in [2.45, 2.75) is 62.1 Å². The van der Waals surface area contributed by atoms with E-state index in [9.17, 15) is 4.79 Å². The number of likely N-dealkylation sites (tertiary alicyclic amines) is 1. The van der Waals surface area contributed by atoms with Crippen LogP contribution in [0.15, 0.2) is 78.9 Å². The van der Waals surface area contributed by atoms with E-state index in [0.717, 1.165) is 66.4 Å². The third-order valence-electron chi connectivity index (χ3n) is 8.68. The molecule has 3 aliphatic rings. The topological polar surface area (TPSA) is 23.6 Å². The Morgan fingerprint density at radius 1 is 0.806 bits per heavy atom. The molecule has 186 valence electrons. The fourth-order valence-electron chi connectivity index (χ4n) is 7.17. The van der Waals surface area contributed by atoms with Gasteiger partial charge < -0.3 is 4.90 Å². The van der Waals surface area contributed by atoms with Gasteiger partial charge in [-0.1, -0.05) is 89.9 Å². The van der Waals surface area contributed by atoms with Gasteiger partial charge in [0.2, 0.25) is 5.91 Å². The predicted molar refractivity (Wildman–Crippen MR) is 147 cm³/mol. The Morgan fingerprint density at radius 2 is 1.36 bits per heavy atom. The highest BCUT2D eigenvalue weighted by Crippen LogP contribution is 2.53. The number of fused-ring (bicyclic) bond motifs is 2.